The summed E-state index contributed by atoms with van der Waals surface area (Å²) in [5, 5.41) is 0. The standard InChI is InChI=1S/C19H20O5/c1-22-16-9-11-17(12-10-16)23-13-5-8-18(20)19(21)24-14-15-6-3-2-4-7-15/h2-4,6-7,9-12H,5,8,13-14H2,1H3. The van der Waals surface area contributed by atoms with Crippen LogP contribution in [0.2, 0.25) is 0 Å². The number of carbonyl (C=O) groups is 2. The minimum Gasteiger partial charge on any atom is -0.497 e. The van der Waals surface area contributed by atoms with Crippen LogP contribution in [0.5, 0.6) is 11.5 Å². The summed E-state index contributed by atoms with van der Waals surface area (Å²) in [6, 6.07) is 16.4. The molecule has 0 radical (unpaired) electrons. The van der Waals surface area contributed by atoms with Crippen molar-refractivity contribution in [1.29, 1.82) is 0 Å². The van der Waals surface area contributed by atoms with Gasteiger partial charge in [-0.15, -0.1) is 0 Å². The molecule has 126 valence electrons. The van der Waals surface area contributed by atoms with Crippen molar-refractivity contribution in [3.63, 3.8) is 0 Å². The number of ketones is 1. The molecule has 0 aromatic heterocycles. The maximum absolute atomic E-state index is 11.7. The van der Waals surface area contributed by atoms with Crippen molar-refractivity contribution in [2.75, 3.05) is 13.7 Å². The first-order valence-electron chi connectivity index (χ1n) is 7.70. The Morgan fingerprint density at radius 2 is 1.58 bits per heavy atom. The van der Waals surface area contributed by atoms with Crippen LogP contribution >= 0.6 is 0 Å². The molecule has 0 aliphatic carbocycles. The zero-order chi connectivity index (χ0) is 17.2. The monoisotopic (exact) mass is 328 g/mol. The van der Waals surface area contributed by atoms with Crippen LogP contribution in [0.15, 0.2) is 54.6 Å². The van der Waals surface area contributed by atoms with E-state index >= 15 is 0 Å². The second kappa shape index (κ2) is 9.35. The van der Waals surface area contributed by atoms with Gasteiger partial charge in [0.05, 0.1) is 13.7 Å². The molecule has 0 atom stereocenters. The number of hydrogen-bond donors (Lipinski definition) is 0. The Bertz CT molecular complexity index is 649. The topological polar surface area (TPSA) is 61.8 Å². The molecule has 24 heavy (non-hydrogen) atoms. The van der Waals surface area contributed by atoms with Crippen LogP contribution < -0.4 is 9.47 Å². The third-order valence-electron chi connectivity index (χ3n) is 3.32. The maximum Gasteiger partial charge on any atom is 0.374 e. The number of esters is 1. The number of Topliss-reactive ketones (excluding diaryl/α,β-unsaturated/α-hetero) is 1. The Morgan fingerprint density at radius 1 is 0.917 bits per heavy atom. The summed E-state index contributed by atoms with van der Waals surface area (Å²) in [5.74, 6) is 0.0983. The average molecular weight is 328 g/mol. The lowest BCUT2D eigenvalue weighted by atomic mass is 10.2. The Balaban J connectivity index is 1.64. The molecule has 2 rings (SSSR count). The maximum atomic E-state index is 11.7. The molecular formula is C19H20O5. The summed E-state index contributed by atoms with van der Waals surface area (Å²) in [6.07, 6.45) is 0.551. The van der Waals surface area contributed by atoms with Gasteiger partial charge in [-0.1, -0.05) is 30.3 Å². The lowest BCUT2D eigenvalue weighted by Crippen LogP contribution is -2.18. The molecule has 2 aromatic carbocycles. The van der Waals surface area contributed by atoms with Crippen molar-refractivity contribution >= 4 is 11.8 Å². The fraction of sp³-hybridized carbons (Fsp3) is 0.263. The van der Waals surface area contributed by atoms with Gasteiger partial charge in [-0.3, -0.25) is 4.79 Å². The minimum absolute atomic E-state index is 0.101. The third-order valence-corrected chi connectivity index (χ3v) is 3.32. The Labute approximate surface area is 141 Å². The average Bonchev–Trinajstić information content (AvgIpc) is 2.64. The van der Waals surface area contributed by atoms with Crippen LogP contribution in [-0.2, 0) is 20.9 Å². The van der Waals surface area contributed by atoms with Crippen LogP contribution in [0.4, 0.5) is 0 Å². The van der Waals surface area contributed by atoms with Gasteiger partial charge in [0.15, 0.2) is 0 Å². The van der Waals surface area contributed by atoms with E-state index in [2.05, 4.69) is 0 Å². The molecule has 0 fully saturated rings. The summed E-state index contributed by atoms with van der Waals surface area (Å²) in [6.45, 7) is 0.456. The Kier molecular flexibility index (Phi) is 6.83. The van der Waals surface area contributed by atoms with E-state index in [0.717, 1.165) is 11.3 Å². The summed E-state index contributed by atoms with van der Waals surface area (Å²) >= 11 is 0. The first-order valence-corrected chi connectivity index (χ1v) is 7.70. The first-order chi connectivity index (χ1) is 11.7. The fourth-order valence-electron chi connectivity index (χ4n) is 2.00. The van der Waals surface area contributed by atoms with Gasteiger partial charge in [0, 0.05) is 6.42 Å². The van der Waals surface area contributed by atoms with Crippen molar-refractivity contribution in [2.24, 2.45) is 0 Å². The molecule has 2 aromatic rings. The predicted octanol–water partition coefficient (Wildman–Crippen LogP) is 3.17. The molecular weight excluding hydrogens is 308 g/mol. The predicted molar refractivity (Wildman–Crippen MR) is 89.0 cm³/mol. The van der Waals surface area contributed by atoms with E-state index in [4.69, 9.17) is 14.2 Å². The molecule has 0 saturated heterocycles. The third kappa shape index (κ3) is 5.76. The molecule has 0 spiro atoms. The summed E-state index contributed by atoms with van der Waals surface area (Å²) in [5.41, 5.74) is 0.849. The highest BCUT2D eigenvalue weighted by atomic mass is 16.5. The zero-order valence-corrected chi connectivity index (χ0v) is 13.6. The van der Waals surface area contributed by atoms with Crippen LogP contribution in [0, 0.1) is 0 Å². The SMILES string of the molecule is COc1ccc(OCCCC(=O)C(=O)OCc2ccccc2)cc1. The van der Waals surface area contributed by atoms with Gasteiger partial charge in [0.25, 0.3) is 0 Å². The van der Waals surface area contributed by atoms with Gasteiger partial charge in [0.1, 0.15) is 18.1 Å². The van der Waals surface area contributed by atoms with Crippen LogP contribution in [-0.4, -0.2) is 25.5 Å². The fourth-order valence-corrected chi connectivity index (χ4v) is 2.00. The number of benzene rings is 2. The van der Waals surface area contributed by atoms with Crippen molar-refractivity contribution in [1.82, 2.24) is 0 Å². The van der Waals surface area contributed by atoms with Crippen LogP contribution in [0.3, 0.4) is 0 Å². The molecule has 0 unspecified atom stereocenters. The van der Waals surface area contributed by atoms with E-state index in [0.29, 0.717) is 18.8 Å². The Hall–Kier alpha value is -2.82. The van der Waals surface area contributed by atoms with Crippen LogP contribution in [0.1, 0.15) is 18.4 Å². The van der Waals surface area contributed by atoms with Gasteiger partial charge >= 0.3 is 5.97 Å². The van der Waals surface area contributed by atoms with Gasteiger partial charge in [-0.05, 0) is 36.2 Å². The number of hydrogen-bond acceptors (Lipinski definition) is 5. The summed E-state index contributed by atoms with van der Waals surface area (Å²) < 4.78 is 15.5. The van der Waals surface area contributed by atoms with E-state index in [1.165, 1.54) is 0 Å². The highest BCUT2D eigenvalue weighted by Crippen LogP contribution is 2.17. The number of ether oxygens (including phenoxy) is 3. The molecule has 5 heteroatoms. The normalized spacial score (nSPS) is 10.0. The molecule has 5 nitrogen and oxygen atoms in total. The highest BCUT2D eigenvalue weighted by molar-refractivity contribution is 6.33. The van der Waals surface area contributed by atoms with Crippen LogP contribution in [0.25, 0.3) is 0 Å². The molecule has 0 heterocycles. The lowest BCUT2D eigenvalue weighted by Gasteiger charge is -2.07. The summed E-state index contributed by atoms with van der Waals surface area (Å²) in [7, 11) is 1.60. The molecule has 0 bridgehead atoms. The van der Waals surface area contributed by atoms with Gasteiger partial charge < -0.3 is 14.2 Å². The van der Waals surface area contributed by atoms with E-state index in [1.807, 2.05) is 30.3 Å². The molecule has 0 aliphatic rings. The lowest BCUT2D eigenvalue weighted by molar-refractivity contribution is -0.154. The summed E-state index contributed by atoms with van der Waals surface area (Å²) in [4.78, 5) is 23.3. The van der Waals surface area contributed by atoms with Gasteiger partial charge in [-0.2, -0.15) is 0 Å². The van der Waals surface area contributed by atoms with Crippen molar-refractivity contribution in [3.05, 3.63) is 60.2 Å². The first kappa shape index (κ1) is 17.5. The number of carbonyl (C=O) groups excluding carboxylic acids is 2. The van der Waals surface area contributed by atoms with E-state index in [9.17, 15) is 9.59 Å². The molecule has 0 N–H and O–H groups in total. The Morgan fingerprint density at radius 3 is 2.25 bits per heavy atom. The van der Waals surface area contributed by atoms with E-state index < -0.39 is 11.8 Å². The molecule has 0 saturated carbocycles. The van der Waals surface area contributed by atoms with Crippen molar-refractivity contribution in [3.8, 4) is 11.5 Å². The number of rotatable bonds is 9. The minimum atomic E-state index is -0.802. The van der Waals surface area contributed by atoms with Crippen molar-refractivity contribution in [2.45, 2.75) is 19.4 Å². The molecule has 0 aliphatic heterocycles. The second-order valence-electron chi connectivity index (χ2n) is 5.11. The smallest absolute Gasteiger partial charge is 0.374 e. The van der Waals surface area contributed by atoms with E-state index in [-0.39, 0.29) is 13.0 Å². The highest BCUT2D eigenvalue weighted by Gasteiger charge is 2.15. The van der Waals surface area contributed by atoms with Crippen molar-refractivity contribution < 1.29 is 23.8 Å². The second-order valence-corrected chi connectivity index (χ2v) is 5.11. The van der Waals surface area contributed by atoms with Gasteiger partial charge in [-0.25, -0.2) is 4.79 Å². The molecule has 0 amide bonds. The zero-order valence-electron chi connectivity index (χ0n) is 13.6. The number of methoxy groups -OCH3 is 1. The van der Waals surface area contributed by atoms with E-state index in [1.54, 1.807) is 31.4 Å². The quantitative estimate of drug-likeness (QED) is 0.402. The largest absolute Gasteiger partial charge is 0.497 e. The van der Waals surface area contributed by atoms with Gasteiger partial charge in [0.2, 0.25) is 5.78 Å².